The molecule has 1 aromatic heterocycles. The van der Waals surface area contributed by atoms with Crippen molar-refractivity contribution in [2.24, 2.45) is 0 Å². The highest BCUT2D eigenvalue weighted by molar-refractivity contribution is 5.30. The van der Waals surface area contributed by atoms with Gasteiger partial charge in [0, 0.05) is 18.3 Å². The van der Waals surface area contributed by atoms with Crippen LogP contribution in [-0.2, 0) is 6.54 Å². The number of hydrogen-bond acceptors (Lipinski definition) is 2. The number of nitrogens with zero attached hydrogens (tertiary/aromatic N) is 2. The monoisotopic (exact) mass is 251 g/mol. The van der Waals surface area contributed by atoms with Crippen molar-refractivity contribution in [2.45, 2.75) is 20.4 Å². The van der Waals surface area contributed by atoms with Crippen LogP contribution in [0, 0.1) is 18.6 Å². The lowest BCUT2D eigenvalue weighted by Gasteiger charge is -2.09. The Hall–Kier alpha value is -1.91. The van der Waals surface area contributed by atoms with E-state index in [1.54, 1.807) is 4.57 Å². The Morgan fingerprint density at radius 1 is 1.33 bits per heavy atom. The molecule has 0 bridgehead atoms. The maximum Gasteiger partial charge on any atom is 0.203 e. The molecule has 96 valence electrons. The van der Waals surface area contributed by atoms with E-state index in [9.17, 15) is 8.78 Å². The second kappa shape index (κ2) is 5.16. The predicted octanol–water partition coefficient (Wildman–Crippen LogP) is 2.95. The fraction of sp³-hybridized carbons (Fsp3) is 0.308. The molecule has 0 saturated carbocycles. The molecular formula is C13H15F2N3. The third-order valence-electron chi connectivity index (χ3n) is 2.58. The zero-order chi connectivity index (χ0) is 13.1. The summed E-state index contributed by atoms with van der Waals surface area (Å²) in [7, 11) is 0. The van der Waals surface area contributed by atoms with Crippen molar-refractivity contribution in [1.82, 2.24) is 9.55 Å². The zero-order valence-corrected chi connectivity index (χ0v) is 10.4. The molecule has 0 radical (unpaired) electrons. The third kappa shape index (κ3) is 2.67. The van der Waals surface area contributed by atoms with Gasteiger partial charge in [-0.05, 0) is 32.0 Å². The van der Waals surface area contributed by atoms with Gasteiger partial charge in [-0.25, -0.2) is 13.8 Å². The van der Waals surface area contributed by atoms with Gasteiger partial charge in [-0.1, -0.05) is 0 Å². The summed E-state index contributed by atoms with van der Waals surface area (Å²) in [6.07, 6.45) is 1.81. The first-order valence-corrected chi connectivity index (χ1v) is 5.81. The predicted molar refractivity (Wildman–Crippen MR) is 66.6 cm³/mol. The van der Waals surface area contributed by atoms with Crippen molar-refractivity contribution in [1.29, 1.82) is 0 Å². The number of hydrogen-bond donors (Lipinski definition) is 1. The number of anilines is 1. The standard InChI is InChI=1S/C13H15F2N3/c1-3-16-13-17-9(2)7-18(13)8-10-6-11(14)4-5-12(10)15/h4-7H,3,8H2,1-2H3,(H,16,17). The molecule has 5 heteroatoms. The third-order valence-corrected chi connectivity index (χ3v) is 2.58. The van der Waals surface area contributed by atoms with Crippen molar-refractivity contribution in [3.05, 3.63) is 47.3 Å². The van der Waals surface area contributed by atoms with Crippen LogP contribution in [0.4, 0.5) is 14.7 Å². The zero-order valence-electron chi connectivity index (χ0n) is 10.4. The second-order valence-electron chi connectivity index (χ2n) is 4.10. The number of aryl methyl sites for hydroxylation is 1. The van der Waals surface area contributed by atoms with E-state index in [0.717, 1.165) is 24.4 Å². The van der Waals surface area contributed by atoms with Gasteiger partial charge in [0.15, 0.2) is 0 Å². The van der Waals surface area contributed by atoms with Crippen LogP contribution < -0.4 is 5.32 Å². The van der Waals surface area contributed by atoms with Crippen molar-refractivity contribution in [3.63, 3.8) is 0 Å². The molecule has 0 spiro atoms. The minimum absolute atomic E-state index is 0.257. The van der Waals surface area contributed by atoms with E-state index in [-0.39, 0.29) is 6.54 Å². The number of halogens is 2. The Morgan fingerprint density at radius 2 is 2.11 bits per heavy atom. The molecule has 0 atom stereocenters. The molecule has 0 unspecified atom stereocenters. The van der Waals surface area contributed by atoms with Gasteiger partial charge < -0.3 is 9.88 Å². The van der Waals surface area contributed by atoms with Gasteiger partial charge in [-0.15, -0.1) is 0 Å². The fourth-order valence-electron chi connectivity index (χ4n) is 1.81. The average molecular weight is 251 g/mol. The number of imidazole rings is 1. The minimum atomic E-state index is -0.437. The molecule has 0 aliphatic rings. The molecule has 0 saturated heterocycles. The summed E-state index contributed by atoms with van der Waals surface area (Å²) >= 11 is 0. The van der Waals surface area contributed by atoms with E-state index < -0.39 is 11.6 Å². The van der Waals surface area contributed by atoms with E-state index >= 15 is 0 Å². The average Bonchev–Trinajstić information content (AvgIpc) is 2.65. The van der Waals surface area contributed by atoms with Crippen LogP contribution in [0.3, 0.4) is 0 Å². The number of benzene rings is 1. The van der Waals surface area contributed by atoms with Gasteiger partial charge >= 0.3 is 0 Å². The van der Waals surface area contributed by atoms with Crippen LogP contribution in [0.2, 0.25) is 0 Å². The van der Waals surface area contributed by atoms with E-state index in [1.807, 2.05) is 20.0 Å². The quantitative estimate of drug-likeness (QED) is 0.905. The molecule has 1 aromatic carbocycles. The highest BCUT2D eigenvalue weighted by Gasteiger charge is 2.09. The summed E-state index contributed by atoms with van der Waals surface area (Å²) in [5, 5.41) is 3.09. The first-order valence-electron chi connectivity index (χ1n) is 5.81. The first-order chi connectivity index (χ1) is 8.60. The fourth-order valence-corrected chi connectivity index (χ4v) is 1.81. The van der Waals surface area contributed by atoms with Gasteiger partial charge in [0.05, 0.1) is 12.2 Å². The maximum atomic E-state index is 13.6. The Balaban J connectivity index is 2.30. The Kier molecular flexibility index (Phi) is 3.60. The number of nitrogens with one attached hydrogen (secondary N) is 1. The van der Waals surface area contributed by atoms with E-state index in [0.29, 0.717) is 11.5 Å². The van der Waals surface area contributed by atoms with Gasteiger partial charge in [0.2, 0.25) is 5.95 Å². The van der Waals surface area contributed by atoms with Crippen molar-refractivity contribution in [3.8, 4) is 0 Å². The molecular weight excluding hydrogens is 236 g/mol. The minimum Gasteiger partial charge on any atom is -0.356 e. The molecule has 2 aromatic rings. The van der Waals surface area contributed by atoms with E-state index in [2.05, 4.69) is 10.3 Å². The van der Waals surface area contributed by atoms with Gasteiger partial charge in [0.1, 0.15) is 11.6 Å². The highest BCUT2D eigenvalue weighted by atomic mass is 19.1. The van der Waals surface area contributed by atoms with E-state index in [1.165, 1.54) is 6.07 Å². The lowest BCUT2D eigenvalue weighted by molar-refractivity contribution is 0.577. The number of rotatable bonds is 4. The van der Waals surface area contributed by atoms with Crippen LogP contribution in [0.1, 0.15) is 18.2 Å². The molecule has 3 nitrogen and oxygen atoms in total. The SMILES string of the molecule is CCNc1nc(C)cn1Cc1cc(F)ccc1F. The first kappa shape index (κ1) is 12.5. The molecule has 1 heterocycles. The topological polar surface area (TPSA) is 29.9 Å². The Morgan fingerprint density at radius 3 is 2.83 bits per heavy atom. The van der Waals surface area contributed by atoms with Gasteiger partial charge in [0.25, 0.3) is 0 Å². The molecule has 0 amide bonds. The maximum absolute atomic E-state index is 13.6. The molecule has 0 aliphatic carbocycles. The summed E-state index contributed by atoms with van der Waals surface area (Å²) in [4.78, 5) is 4.28. The van der Waals surface area contributed by atoms with Gasteiger partial charge in [-0.3, -0.25) is 0 Å². The van der Waals surface area contributed by atoms with Crippen molar-refractivity contribution >= 4 is 5.95 Å². The normalized spacial score (nSPS) is 10.7. The largest absolute Gasteiger partial charge is 0.356 e. The Bertz CT molecular complexity index is 549. The second-order valence-corrected chi connectivity index (χ2v) is 4.10. The highest BCUT2D eigenvalue weighted by Crippen LogP contribution is 2.15. The summed E-state index contributed by atoms with van der Waals surface area (Å²) in [5.41, 5.74) is 1.15. The summed E-state index contributed by atoms with van der Waals surface area (Å²) in [6.45, 7) is 4.80. The van der Waals surface area contributed by atoms with Crippen LogP contribution in [0.5, 0.6) is 0 Å². The lowest BCUT2D eigenvalue weighted by atomic mass is 10.2. The van der Waals surface area contributed by atoms with Crippen LogP contribution in [0.25, 0.3) is 0 Å². The number of aromatic nitrogens is 2. The molecule has 2 rings (SSSR count). The van der Waals surface area contributed by atoms with Crippen LogP contribution in [0.15, 0.2) is 24.4 Å². The van der Waals surface area contributed by atoms with Gasteiger partial charge in [-0.2, -0.15) is 0 Å². The Labute approximate surface area is 104 Å². The molecule has 0 aliphatic heterocycles. The van der Waals surface area contributed by atoms with Crippen LogP contribution in [-0.4, -0.2) is 16.1 Å². The molecule has 18 heavy (non-hydrogen) atoms. The smallest absolute Gasteiger partial charge is 0.203 e. The molecule has 0 fully saturated rings. The van der Waals surface area contributed by atoms with E-state index in [4.69, 9.17) is 0 Å². The summed E-state index contributed by atoms with van der Waals surface area (Å²) in [5.74, 6) is -0.183. The summed E-state index contributed by atoms with van der Waals surface area (Å²) < 4.78 is 28.4. The van der Waals surface area contributed by atoms with Crippen molar-refractivity contribution in [2.75, 3.05) is 11.9 Å². The van der Waals surface area contributed by atoms with Crippen LogP contribution >= 0.6 is 0 Å². The van der Waals surface area contributed by atoms with Crippen molar-refractivity contribution < 1.29 is 8.78 Å². The summed E-state index contributed by atoms with van der Waals surface area (Å²) in [6, 6.07) is 3.46. The molecule has 1 N–H and O–H groups in total. The lowest BCUT2D eigenvalue weighted by Crippen LogP contribution is -2.08.